The molecule has 2 aromatic carbocycles. The van der Waals surface area contributed by atoms with Crippen LogP contribution in [-0.4, -0.2) is 19.0 Å². The summed E-state index contributed by atoms with van der Waals surface area (Å²) in [4.78, 5) is 14.8. The van der Waals surface area contributed by atoms with E-state index in [1.807, 2.05) is 55.3 Å². The van der Waals surface area contributed by atoms with Gasteiger partial charge in [0.25, 0.3) is 5.91 Å². The molecule has 0 spiro atoms. The van der Waals surface area contributed by atoms with Crippen molar-refractivity contribution in [3.05, 3.63) is 59.2 Å². The summed E-state index contributed by atoms with van der Waals surface area (Å²) in [5.41, 5.74) is 5.19. The normalized spacial score (nSPS) is 16.7. The number of nitrogens with zero attached hydrogens (tertiary/aromatic N) is 1. The van der Waals surface area contributed by atoms with Gasteiger partial charge in [0.2, 0.25) is 0 Å². The molecule has 1 unspecified atom stereocenters. The molecule has 1 heterocycles. The maximum atomic E-state index is 12.9. The molecule has 0 fully saturated rings. The predicted molar refractivity (Wildman–Crippen MR) is 87.1 cm³/mol. The van der Waals surface area contributed by atoms with Crippen LogP contribution >= 0.6 is 0 Å². The number of hydrogen-bond acceptors (Lipinski definition) is 2. The number of amides is 1. The Hall–Kier alpha value is -2.29. The fourth-order valence-electron chi connectivity index (χ4n) is 3.09. The summed E-state index contributed by atoms with van der Waals surface area (Å²) in [6.07, 6.45) is 0.926. The van der Waals surface area contributed by atoms with Gasteiger partial charge in [-0.2, -0.15) is 0 Å². The van der Waals surface area contributed by atoms with Gasteiger partial charge in [-0.1, -0.05) is 18.2 Å². The maximum absolute atomic E-state index is 12.9. The van der Waals surface area contributed by atoms with Crippen molar-refractivity contribution >= 4 is 17.3 Å². The zero-order valence-electron chi connectivity index (χ0n) is 12.7. The molecule has 1 aliphatic heterocycles. The van der Waals surface area contributed by atoms with E-state index in [1.54, 1.807) is 0 Å². The number of aryl methyl sites for hydroxylation is 1. The van der Waals surface area contributed by atoms with E-state index in [1.165, 1.54) is 5.56 Å². The van der Waals surface area contributed by atoms with Gasteiger partial charge in [0, 0.05) is 30.0 Å². The molecular formula is C18H20N2O. The quantitative estimate of drug-likeness (QED) is 0.911. The van der Waals surface area contributed by atoms with Crippen LogP contribution in [0, 0.1) is 6.92 Å². The summed E-state index contributed by atoms with van der Waals surface area (Å²) in [6.45, 7) is 4.12. The van der Waals surface area contributed by atoms with Gasteiger partial charge in [-0.05, 0) is 55.7 Å². The van der Waals surface area contributed by atoms with Crippen LogP contribution in [-0.2, 0) is 6.42 Å². The second-order valence-electron chi connectivity index (χ2n) is 5.64. The van der Waals surface area contributed by atoms with Crippen molar-refractivity contribution in [3.8, 4) is 0 Å². The van der Waals surface area contributed by atoms with Gasteiger partial charge in [0.15, 0.2) is 0 Å². The number of nitrogens with one attached hydrogen (secondary N) is 1. The minimum absolute atomic E-state index is 0.0817. The van der Waals surface area contributed by atoms with Gasteiger partial charge in [-0.15, -0.1) is 0 Å². The molecule has 3 heteroatoms. The van der Waals surface area contributed by atoms with Gasteiger partial charge >= 0.3 is 0 Å². The van der Waals surface area contributed by atoms with Gasteiger partial charge < -0.3 is 10.2 Å². The third kappa shape index (κ3) is 2.29. The number of carbonyl (C=O) groups is 1. The van der Waals surface area contributed by atoms with E-state index in [4.69, 9.17) is 0 Å². The van der Waals surface area contributed by atoms with E-state index in [9.17, 15) is 4.79 Å². The number of para-hydroxylation sites is 1. The van der Waals surface area contributed by atoms with Crippen molar-refractivity contribution in [1.29, 1.82) is 0 Å². The Labute approximate surface area is 125 Å². The number of carbonyl (C=O) groups excluding carboxylic acids is 1. The summed E-state index contributed by atoms with van der Waals surface area (Å²) < 4.78 is 0. The number of benzene rings is 2. The number of hydrogen-bond donors (Lipinski definition) is 1. The largest absolute Gasteiger partial charge is 0.388 e. The van der Waals surface area contributed by atoms with Crippen molar-refractivity contribution in [2.75, 3.05) is 17.3 Å². The number of fused-ring (bicyclic) bond motifs is 1. The van der Waals surface area contributed by atoms with Crippen LogP contribution in [0.1, 0.15) is 28.4 Å². The van der Waals surface area contributed by atoms with Crippen molar-refractivity contribution in [3.63, 3.8) is 0 Å². The minimum atomic E-state index is 0.0817. The van der Waals surface area contributed by atoms with E-state index >= 15 is 0 Å². The Morgan fingerprint density at radius 1 is 1.24 bits per heavy atom. The smallest absolute Gasteiger partial charge is 0.258 e. The molecule has 1 atom stereocenters. The highest BCUT2D eigenvalue weighted by Gasteiger charge is 2.31. The van der Waals surface area contributed by atoms with Crippen molar-refractivity contribution < 1.29 is 4.79 Å². The number of anilines is 2. The molecule has 0 aromatic heterocycles. The van der Waals surface area contributed by atoms with Crippen molar-refractivity contribution in [2.24, 2.45) is 0 Å². The molecule has 3 rings (SSSR count). The van der Waals surface area contributed by atoms with Crippen LogP contribution in [0.2, 0.25) is 0 Å². The topological polar surface area (TPSA) is 32.3 Å². The van der Waals surface area contributed by atoms with E-state index in [-0.39, 0.29) is 11.9 Å². The molecular weight excluding hydrogens is 260 g/mol. The fraction of sp³-hybridized carbons (Fsp3) is 0.278. The highest BCUT2D eigenvalue weighted by molar-refractivity contribution is 6.08. The van der Waals surface area contributed by atoms with Crippen LogP contribution in [0.4, 0.5) is 11.4 Å². The summed E-state index contributed by atoms with van der Waals surface area (Å²) in [5.74, 6) is 0.0817. The molecule has 1 amide bonds. The molecule has 0 aliphatic carbocycles. The first kappa shape index (κ1) is 13.7. The highest BCUT2D eigenvalue weighted by Crippen LogP contribution is 2.33. The Balaban J connectivity index is 1.97. The zero-order valence-corrected chi connectivity index (χ0v) is 12.7. The summed E-state index contributed by atoms with van der Waals surface area (Å²) in [6, 6.07) is 14.2. The summed E-state index contributed by atoms with van der Waals surface area (Å²) in [7, 11) is 1.89. The summed E-state index contributed by atoms with van der Waals surface area (Å²) >= 11 is 0. The van der Waals surface area contributed by atoms with Crippen LogP contribution < -0.4 is 10.2 Å². The van der Waals surface area contributed by atoms with Crippen LogP contribution in [0.15, 0.2) is 42.5 Å². The summed E-state index contributed by atoms with van der Waals surface area (Å²) in [5, 5.41) is 3.13. The molecule has 3 nitrogen and oxygen atoms in total. The average molecular weight is 280 g/mol. The van der Waals surface area contributed by atoms with Crippen molar-refractivity contribution in [2.45, 2.75) is 26.3 Å². The van der Waals surface area contributed by atoms with Crippen molar-refractivity contribution in [1.82, 2.24) is 0 Å². The van der Waals surface area contributed by atoms with Gasteiger partial charge in [-0.25, -0.2) is 0 Å². The Kier molecular flexibility index (Phi) is 3.42. The fourth-order valence-corrected chi connectivity index (χ4v) is 3.09. The Bertz CT molecular complexity index is 693. The second-order valence-corrected chi connectivity index (χ2v) is 5.64. The van der Waals surface area contributed by atoms with Gasteiger partial charge in [0.1, 0.15) is 0 Å². The first-order valence-electron chi connectivity index (χ1n) is 7.31. The van der Waals surface area contributed by atoms with Crippen LogP contribution in [0.5, 0.6) is 0 Å². The Morgan fingerprint density at radius 3 is 2.71 bits per heavy atom. The second kappa shape index (κ2) is 5.24. The minimum Gasteiger partial charge on any atom is -0.388 e. The standard InChI is InChI=1S/C18H20N2O/c1-12-10-15(8-9-16(12)19-3)18(21)20-13(2)11-14-6-4-5-7-17(14)20/h4-10,13,19H,11H2,1-3H3. The first-order valence-corrected chi connectivity index (χ1v) is 7.31. The molecule has 108 valence electrons. The average Bonchev–Trinajstić information content (AvgIpc) is 2.82. The van der Waals surface area contributed by atoms with Crippen LogP contribution in [0.25, 0.3) is 0 Å². The lowest BCUT2D eigenvalue weighted by Crippen LogP contribution is -2.35. The SMILES string of the molecule is CNc1ccc(C(=O)N2c3ccccc3CC2C)cc1C. The monoisotopic (exact) mass is 280 g/mol. The van der Waals surface area contributed by atoms with Crippen LogP contribution in [0.3, 0.4) is 0 Å². The highest BCUT2D eigenvalue weighted by atomic mass is 16.2. The lowest BCUT2D eigenvalue weighted by Gasteiger charge is -2.23. The third-order valence-corrected chi connectivity index (χ3v) is 4.17. The number of rotatable bonds is 2. The molecule has 1 N–H and O–H groups in total. The molecule has 0 saturated heterocycles. The first-order chi connectivity index (χ1) is 10.1. The third-order valence-electron chi connectivity index (χ3n) is 4.17. The maximum Gasteiger partial charge on any atom is 0.258 e. The molecule has 0 bridgehead atoms. The van der Waals surface area contributed by atoms with E-state index in [0.29, 0.717) is 0 Å². The predicted octanol–water partition coefficient (Wildman–Crippen LogP) is 3.63. The van der Waals surface area contributed by atoms with E-state index < -0.39 is 0 Å². The molecule has 21 heavy (non-hydrogen) atoms. The zero-order chi connectivity index (χ0) is 15.0. The molecule has 1 aliphatic rings. The lowest BCUT2D eigenvalue weighted by atomic mass is 10.1. The molecule has 2 aromatic rings. The van der Waals surface area contributed by atoms with Gasteiger partial charge in [-0.3, -0.25) is 4.79 Å². The molecule has 0 saturated carbocycles. The van der Waals surface area contributed by atoms with E-state index in [2.05, 4.69) is 18.3 Å². The van der Waals surface area contributed by atoms with E-state index in [0.717, 1.165) is 28.9 Å². The van der Waals surface area contributed by atoms with Gasteiger partial charge in [0.05, 0.1) is 0 Å². The lowest BCUT2D eigenvalue weighted by molar-refractivity contribution is 0.0981. The molecule has 0 radical (unpaired) electrons. The Morgan fingerprint density at radius 2 is 2.00 bits per heavy atom.